The van der Waals surface area contributed by atoms with Crippen LogP contribution in [0, 0.1) is 5.41 Å². The van der Waals surface area contributed by atoms with E-state index in [1.54, 1.807) is 0 Å². The van der Waals surface area contributed by atoms with Gasteiger partial charge in [0.2, 0.25) is 6.79 Å². The molecule has 2 aliphatic heterocycles. The minimum atomic E-state index is -0.495. The Labute approximate surface area is 129 Å². The molecule has 5 nitrogen and oxygen atoms in total. The third-order valence-corrected chi connectivity index (χ3v) is 4.73. The van der Waals surface area contributed by atoms with Crippen LogP contribution in [0.2, 0.25) is 0 Å². The lowest BCUT2D eigenvalue weighted by atomic mass is 9.81. The van der Waals surface area contributed by atoms with Crippen LogP contribution in [0.3, 0.4) is 0 Å². The molecule has 0 spiro atoms. The zero-order chi connectivity index (χ0) is 15.5. The zero-order valence-corrected chi connectivity index (χ0v) is 13.2. The number of esters is 1. The van der Waals surface area contributed by atoms with Gasteiger partial charge >= 0.3 is 5.97 Å². The summed E-state index contributed by atoms with van der Waals surface area (Å²) < 4.78 is 16.7. The van der Waals surface area contributed by atoms with Crippen molar-refractivity contribution in [3.05, 3.63) is 23.3 Å². The quantitative estimate of drug-likeness (QED) is 0.807. The lowest BCUT2D eigenvalue weighted by Gasteiger charge is -2.31. The zero-order valence-electron chi connectivity index (χ0n) is 13.2. The number of carbonyl (C=O) groups is 1. The Morgan fingerprint density at radius 3 is 2.77 bits per heavy atom. The molecular formula is C17H21NO4. The summed E-state index contributed by atoms with van der Waals surface area (Å²) in [5.41, 5.74) is 1.34. The van der Waals surface area contributed by atoms with Gasteiger partial charge in [-0.05, 0) is 63.4 Å². The third-order valence-electron chi connectivity index (χ3n) is 4.73. The maximum Gasteiger partial charge on any atom is 0.314 e. The molecule has 5 heteroatoms. The Morgan fingerprint density at radius 1 is 1.32 bits per heavy atom. The highest BCUT2D eigenvalue weighted by molar-refractivity contribution is 5.81. The van der Waals surface area contributed by atoms with Gasteiger partial charge in [-0.1, -0.05) is 0 Å². The topological polar surface area (TPSA) is 56.8 Å². The number of fused-ring (bicyclic) bond motifs is 4. The lowest BCUT2D eigenvalue weighted by molar-refractivity contribution is -0.168. The van der Waals surface area contributed by atoms with E-state index < -0.39 is 11.0 Å². The molecule has 1 N–H and O–H groups in total. The molecular weight excluding hydrogens is 282 g/mol. The van der Waals surface area contributed by atoms with Gasteiger partial charge < -0.3 is 19.5 Å². The maximum atomic E-state index is 12.9. The average Bonchev–Trinajstić information content (AvgIpc) is 3.06. The second kappa shape index (κ2) is 4.38. The van der Waals surface area contributed by atoms with Gasteiger partial charge in [0.05, 0.1) is 5.41 Å². The fourth-order valence-electron chi connectivity index (χ4n) is 3.81. The summed E-state index contributed by atoms with van der Waals surface area (Å²) in [6.45, 7) is 6.84. The van der Waals surface area contributed by atoms with Gasteiger partial charge in [0.1, 0.15) is 5.60 Å². The second-order valence-corrected chi connectivity index (χ2v) is 7.38. The molecule has 1 fully saturated rings. The van der Waals surface area contributed by atoms with Crippen molar-refractivity contribution in [2.24, 2.45) is 5.41 Å². The van der Waals surface area contributed by atoms with Crippen LogP contribution in [0.5, 0.6) is 11.5 Å². The minimum Gasteiger partial charge on any atom is -0.459 e. The molecule has 3 aliphatic rings. The predicted octanol–water partition coefficient (Wildman–Crippen LogP) is 2.33. The normalized spacial score (nSPS) is 28.4. The molecule has 0 aromatic heterocycles. The molecule has 1 aromatic rings. The van der Waals surface area contributed by atoms with Crippen LogP contribution in [-0.2, 0) is 16.0 Å². The van der Waals surface area contributed by atoms with Crippen LogP contribution in [0.4, 0.5) is 0 Å². The number of rotatable bonds is 1. The van der Waals surface area contributed by atoms with Gasteiger partial charge in [0, 0.05) is 6.04 Å². The summed E-state index contributed by atoms with van der Waals surface area (Å²) in [4.78, 5) is 12.9. The Hall–Kier alpha value is -1.75. The van der Waals surface area contributed by atoms with E-state index in [0.29, 0.717) is 6.42 Å². The number of benzene rings is 1. The van der Waals surface area contributed by atoms with E-state index in [2.05, 4.69) is 5.32 Å². The van der Waals surface area contributed by atoms with Gasteiger partial charge in [-0.15, -0.1) is 0 Å². The van der Waals surface area contributed by atoms with Crippen LogP contribution in [0.15, 0.2) is 12.1 Å². The number of hydrogen-bond donors (Lipinski definition) is 1. The Kier molecular flexibility index (Phi) is 2.77. The predicted molar refractivity (Wildman–Crippen MR) is 79.9 cm³/mol. The van der Waals surface area contributed by atoms with E-state index in [1.165, 1.54) is 0 Å². The van der Waals surface area contributed by atoms with Gasteiger partial charge in [-0.3, -0.25) is 4.79 Å². The van der Waals surface area contributed by atoms with E-state index in [-0.39, 0.29) is 18.8 Å². The molecule has 1 aromatic carbocycles. The molecule has 22 heavy (non-hydrogen) atoms. The van der Waals surface area contributed by atoms with Crippen LogP contribution in [-0.4, -0.2) is 24.9 Å². The van der Waals surface area contributed by atoms with Crippen molar-refractivity contribution in [1.29, 1.82) is 0 Å². The first kappa shape index (κ1) is 13.9. The molecule has 0 unspecified atom stereocenters. The first-order valence-corrected chi connectivity index (χ1v) is 7.78. The number of carbonyl (C=O) groups excluding carboxylic acids is 1. The highest BCUT2D eigenvalue weighted by Crippen LogP contribution is 2.54. The van der Waals surface area contributed by atoms with E-state index in [1.807, 2.05) is 32.9 Å². The van der Waals surface area contributed by atoms with Gasteiger partial charge in [0.25, 0.3) is 0 Å². The van der Waals surface area contributed by atoms with E-state index in [9.17, 15) is 4.79 Å². The van der Waals surface area contributed by atoms with Crippen LogP contribution in [0.1, 0.15) is 44.4 Å². The van der Waals surface area contributed by atoms with Crippen molar-refractivity contribution in [3.8, 4) is 11.5 Å². The summed E-state index contributed by atoms with van der Waals surface area (Å²) >= 11 is 0. The summed E-state index contributed by atoms with van der Waals surface area (Å²) in [5.74, 6) is 1.44. The third kappa shape index (κ3) is 1.92. The van der Waals surface area contributed by atoms with Crippen molar-refractivity contribution in [3.63, 3.8) is 0 Å². The summed E-state index contributed by atoms with van der Waals surface area (Å²) in [6, 6.07) is 4.04. The summed E-state index contributed by atoms with van der Waals surface area (Å²) in [7, 11) is 0. The molecule has 1 saturated heterocycles. The summed E-state index contributed by atoms with van der Waals surface area (Å²) in [5, 5.41) is 3.48. The molecule has 0 bridgehead atoms. The van der Waals surface area contributed by atoms with Gasteiger partial charge in [-0.2, -0.15) is 0 Å². The van der Waals surface area contributed by atoms with Gasteiger partial charge in [0.15, 0.2) is 11.5 Å². The molecule has 0 amide bonds. The van der Waals surface area contributed by atoms with Crippen molar-refractivity contribution in [1.82, 2.24) is 5.32 Å². The highest BCUT2D eigenvalue weighted by atomic mass is 16.7. The average molecular weight is 303 g/mol. The Morgan fingerprint density at radius 2 is 2.05 bits per heavy atom. The van der Waals surface area contributed by atoms with E-state index in [4.69, 9.17) is 14.2 Å². The number of hydrogen-bond acceptors (Lipinski definition) is 5. The number of nitrogens with one attached hydrogen (secondary N) is 1. The molecule has 1 aliphatic carbocycles. The fourth-order valence-corrected chi connectivity index (χ4v) is 3.81. The number of ether oxygens (including phenoxy) is 3. The first-order valence-electron chi connectivity index (χ1n) is 7.78. The van der Waals surface area contributed by atoms with E-state index >= 15 is 0 Å². The Balaban J connectivity index is 1.72. The molecule has 2 atom stereocenters. The summed E-state index contributed by atoms with van der Waals surface area (Å²) in [6.07, 6.45) is 1.50. The molecule has 0 saturated carbocycles. The van der Waals surface area contributed by atoms with Gasteiger partial charge in [-0.25, -0.2) is 0 Å². The SMILES string of the molecule is CC(C)(C)OC(=O)[C@]12CCN[C@H]1c1cc3c(cc1C2)OCO3. The fraction of sp³-hybridized carbons (Fsp3) is 0.588. The first-order chi connectivity index (χ1) is 10.4. The monoisotopic (exact) mass is 303 g/mol. The van der Waals surface area contributed by atoms with E-state index in [0.717, 1.165) is 35.6 Å². The van der Waals surface area contributed by atoms with Crippen LogP contribution in [0.25, 0.3) is 0 Å². The molecule has 4 rings (SSSR count). The minimum absolute atomic E-state index is 0.00634. The highest BCUT2D eigenvalue weighted by Gasteiger charge is 2.56. The van der Waals surface area contributed by atoms with Crippen molar-refractivity contribution in [2.75, 3.05) is 13.3 Å². The van der Waals surface area contributed by atoms with Crippen LogP contribution < -0.4 is 14.8 Å². The Bertz CT molecular complexity index is 649. The molecule has 0 radical (unpaired) electrons. The molecule has 2 heterocycles. The standard InChI is InChI=1S/C17H21NO4/c1-16(2,3)22-15(19)17-4-5-18-14(17)11-7-13-12(20-9-21-13)6-10(11)8-17/h6-7,14,18H,4-5,8-9H2,1-3H3/t14-,17-/m0/s1. The molecule has 118 valence electrons. The largest absolute Gasteiger partial charge is 0.459 e. The van der Waals surface area contributed by atoms with Crippen molar-refractivity contribution < 1.29 is 19.0 Å². The smallest absolute Gasteiger partial charge is 0.314 e. The van der Waals surface area contributed by atoms with Crippen molar-refractivity contribution in [2.45, 2.75) is 45.3 Å². The second-order valence-electron chi connectivity index (χ2n) is 7.38. The lowest BCUT2D eigenvalue weighted by Crippen LogP contribution is -2.39. The maximum absolute atomic E-state index is 12.9. The van der Waals surface area contributed by atoms with Crippen LogP contribution >= 0.6 is 0 Å². The van der Waals surface area contributed by atoms with Crippen molar-refractivity contribution >= 4 is 5.97 Å².